The van der Waals surface area contributed by atoms with Crippen molar-refractivity contribution >= 4 is 17.1 Å². The molecular weight excluding hydrogens is 356 g/mol. The Morgan fingerprint density at radius 2 is 2.04 bits per heavy atom. The second kappa shape index (κ2) is 7.56. The van der Waals surface area contributed by atoms with Crippen LogP contribution < -0.4 is 11.0 Å². The van der Waals surface area contributed by atoms with Crippen LogP contribution in [0.2, 0.25) is 0 Å². The quantitative estimate of drug-likeness (QED) is 0.561. The highest BCUT2D eigenvalue weighted by Crippen LogP contribution is 2.13. The summed E-state index contributed by atoms with van der Waals surface area (Å²) in [5, 5.41) is 2.76. The summed E-state index contributed by atoms with van der Waals surface area (Å²) in [5.41, 5.74) is 3.42. The molecule has 1 amide bonds. The summed E-state index contributed by atoms with van der Waals surface area (Å²) in [6.45, 7) is 3.10. The molecule has 4 rings (SSSR count). The molecule has 28 heavy (non-hydrogen) atoms. The maximum atomic E-state index is 13.0. The van der Waals surface area contributed by atoms with Gasteiger partial charge < -0.3 is 9.73 Å². The van der Waals surface area contributed by atoms with Gasteiger partial charge in [0.05, 0.1) is 18.3 Å². The highest BCUT2D eigenvalue weighted by molar-refractivity contribution is 5.91. The summed E-state index contributed by atoms with van der Waals surface area (Å²) in [7, 11) is 0. The normalized spacial score (nSPS) is 11.0. The van der Waals surface area contributed by atoms with E-state index in [0.717, 1.165) is 16.6 Å². The number of carbonyl (C=O) groups is 1. The largest absolute Gasteiger partial charge is 0.459 e. The molecule has 0 radical (unpaired) electrons. The summed E-state index contributed by atoms with van der Waals surface area (Å²) in [6.07, 6.45) is 3.11. The summed E-state index contributed by atoms with van der Waals surface area (Å²) in [4.78, 5) is 29.4. The molecule has 1 N–H and O–H groups in total. The van der Waals surface area contributed by atoms with Crippen molar-refractivity contribution in [3.8, 4) is 0 Å². The summed E-state index contributed by atoms with van der Waals surface area (Å²) < 4.78 is 8.38. The van der Waals surface area contributed by atoms with E-state index < -0.39 is 0 Å². The van der Waals surface area contributed by atoms with Crippen molar-refractivity contribution in [2.24, 2.45) is 0 Å². The number of carbonyl (C=O) groups excluding carboxylic acids is 1. The first-order valence-electron chi connectivity index (χ1n) is 9.05. The third-order valence-corrected chi connectivity index (χ3v) is 4.56. The van der Waals surface area contributed by atoms with E-state index in [2.05, 4.69) is 16.4 Å². The fourth-order valence-corrected chi connectivity index (χ4v) is 3.27. The van der Waals surface area contributed by atoms with Gasteiger partial charge in [-0.3, -0.25) is 13.9 Å². The second-order valence-electron chi connectivity index (χ2n) is 6.59. The number of hydrogen-bond donors (Lipinski definition) is 1. The minimum Gasteiger partial charge on any atom is -0.459 e. The van der Waals surface area contributed by atoms with Crippen molar-refractivity contribution in [1.29, 1.82) is 0 Å². The molecule has 3 heterocycles. The van der Waals surface area contributed by atoms with E-state index >= 15 is 0 Å². The Balaban J connectivity index is 1.59. The molecule has 0 spiro atoms. The lowest BCUT2D eigenvalue weighted by Gasteiger charge is -2.05. The van der Waals surface area contributed by atoms with Crippen LogP contribution in [0.15, 0.2) is 70.2 Å². The van der Waals surface area contributed by atoms with Crippen LogP contribution in [-0.2, 0) is 13.1 Å². The first kappa shape index (κ1) is 17.8. The van der Waals surface area contributed by atoms with E-state index in [-0.39, 0.29) is 17.4 Å². The first-order valence-corrected chi connectivity index (χ1v) is 9.05. The number of nitrogens with zero attached hydrogens (tertiary/aromatic N) is 3. The van der Waals surface area contributed by atoms with Crippen LogP contribution in [0.3, 0.4) is 0 Å². The van der Waals surface area contributed by atoms with Gasteiger partial charge in [-0.05, 0) is 36.8 Å². The van der Waals surface area contributed by atoms with Crippen molar-refractivity contribution in [3.63, 3.8) is 0 Å². The number of benzene rings is 1. The fourth-order valence-electron chi connectivity index (χ4n) is 3.27. The topological polar surface area (TPSA) is 82.1 Å². The van der Waals surface area contributed by atoms with Gasteiger partial charge in [0.2, 0.25) is 0 Å². The predicted octanol–water partition coefficient (Wildman–Crippen LogP) is 2.58. The predicted molar refractivity (Wildman–Crippen MR) is 105 cm³/mol. The van der Waals surface area contributed by atoms with Crippen LogP contribution >= 0.6 is 0 Å². The molecule has 7 heteroatoms. The Morgan fingerprint density at radius 1 is 1.14 bits per heavy atom. The number of rotatable bonds is 6. The number of imidazole rings is 1. The van der Waals surface area contributed by atoms with E-state index in [0.29, 0.717) is 25.3 Å². The molecule has 1 aromatic carbocycles. The van der Waals surface area contributed by atoms with E-state index in [4.69, 9.17) is 4.42 Å². The molecule has 0 aliphatic heterocycles. The van der Waals surface area contributed by atoms with Gasteiger partial charge >= 0.3 is 5.69 Å². The van der Waals surface area contributed by atoms with Gasteiger partial charge in [-0.2, -0.15) is 0 Å². The summed E-state index contributed by atoms with van der Waals surface area (Å²) in [6, 6.07) is 15.0. The highest BCUT2D eigenvalue weighted by atomic mass is 16.3. The third kappa shape index (κ3) is 3.46. The second-order valence-corrected chi connectivity index (χ2v) is 6.59. The molecule has 142 valence electrons. The zero-order valence-electron chi connectivity index (χ0n) is 15.5. The Kier molecular flexibility index (Phi) is 4.80. The van der Waals surface area contributed by atoms with E-state index in [9.17, 15) is 9.59 Å². The van der Waals surface area contributed by atoms with Crippen molar-refractivity contribution in [2.45, 2.75) is 20.0 Å². The van der Waals surface area contributed by atoms with Crippen LogP contribution in [0.25, 0.3) is 11.2 Å². The van der Waals surface area contributed by atoms with Gasteiger partial charge in [-0.15, -0.1) is 0 Å². The molecule has 0 saturated carbocycles. The van der Waals surface area contributed by atoms with Gasteiger partial charge in [0.1, 0.15) is 0 Å². The highest BCUT2D eigenvalue weighted by Gasteiger charge is 2.15. The van der Waals surface area contributed by atoms with Gasteiger partial charge in [0.25, 0.3) is 5.91 Å². The molecular formula is C21H20N4O3. The molecule has 0 saturated heterocycles. The van der Waals surface area contributed by atoms with E-state index in [1.807, 2.05) is 37.3 Å². The van der Waals surface area contributed by atoms with Crippen LogP contribution in [0.1, 0.15) is 21.7 Å². The fraction of sp³-hybridized carbons (Fsp3) is 0.190. The lowest BCUT2D eigenvalue weighted by atomic mass is 10.1. The Labute approximate surface area is 161 Å². The monoisotopic (exact) mass is 376 g/mol. The summed E-state index contributed by atoms with van der Waals surface area (Å²) in [5.74, 6) is -0.0677. The molecule has 0 unspecified atom stereocenters. The average Bonchev–Trinajstić information content (AvgIpc) is 3.31. The summed E-state index contributed by atoms with van der Waals surface area (Å²) >= 11 is 0. The molecule has 0 bridgehead atoms. The Hall–Kier alpha value is -3.61. The number of aryl methyl sites for hydroxylation is 1. The first-order chi connectivity index (χ1) is 13.6. The van der Waals surface area contributed by atoms with E-state index in [1.54, 1.807) is 27.5 Å². The minimum absolute atomic E-state index is 0.151. The maximum Gasteiger partial charge on any atom is 0.330 e. The smallest absolute Gasteiger partial charge is 0.330 e. The molecule has 0 aliphatic carbocycles. The maximum absolute atomic E-state index is 13.0. The molecule has 0 fully saturated rings. The lowest BCUT2D eigenvalue weighted by Crippen LogP contribution is -2.31. The number of hydrogen-bond acceptors (Lipinski definition) is 4. The Bertz CT molecular complexity index is 1170. The van der Waals surface area contributed by atoms with Crippen LogP contribution in [-0.4, -0.2) is 26.6 Å². The number of aromatic nitrogens is 3. The number of furan rings is 1. The van der Waals surface area contributed by atoms with Gasteiger partial charge in [-0.1, -0.05) is 29.8 Å². The van der Waals surface area contributed by atoms with Gasteiger partial charge in [0, 0.05) is 19.3 Å². The van der Waals surface area contributed by atoms with Crippen LogP contribution in [0.4, 0.5) is 0 Å². The van der Waals surface area contributed by atoms with Crippen molar-refractivity contribution < 1.29 is 9.21 Å². The SMILES string of the molecule is Cc1cccc(Cn2c(=O)n(CCNC(=O)c3ccco3)c3ncccc32)c1. The van der Waals surface area contributed by atoms with Gasteiger partial charge in [0.15, 0.2) is 11.4 Å². The van der Waals surface area contributed by atoms with Crippen LogP contribution in [0, 0.1) is 6.92 Å². The number of fused-ring (bicyclic) bond motifs is 1. The zero-order valence-corrected chi connectivity index (χ0v) is 15.5. The lowest BCUT2D eigenvalue weighted by molar-refractivity contribution is 0.0924. The molecule has 7 nitrogen and oxygen atoms in total. The number of pyridine rings is 1. The van der Waals surface area contributed by atoms with Crippen molar-refractivity contribution in [2.75, 3.05) is 6.54 Å². The average molecular weight is 376 g/mol. The van der Waals surface area contributed by atoms with Gasteiger partial charge in [-0.25, -0.2) is 9.78 Å². The molecule has 0 atom stereocenters. The van der Waals surface area contributed by atoms with E-state index in [1.165, 1.54) is 6.26 Å². The molecule has 0 aliphatic rings. The Morgan fingerprint density at radius 3 is 2.82 bits per heavy atom. The third-order valence-electron chi connectivity index (χ3n) is 4.56. The zero-order chi connectivity index (χ0) is 19.5. The minimum atomic E-state index is -0.311. The standard InChI is InChI=1S/C21H20N4O3/c1-15-5-2-6-16(13-15)14-25-17-7-3-9-22-19(17)24(21(25)27)11-10-23-20(26)18-8-4-12-28-18/h2-9,12-13H,10-11,14H2,1H3,(H,23,26). The van der Waals surface area contributed by atoms with Crippen LogP contribution in [0.5, 0.6) is 0 Å². The number of amides is 1. The molecule has 4 aromatic rings. The molecule has 3 aromatic heterocycles. The number of nitrogens with one attached hydrogen (secondary N) is 1. The van der Waals surface area contributed by atoms with Crippen molar-refractivity contribution in [3.05, 3.63) is 88.4 Å². The van der Waals surface area contributed by atoms with Crippen molar-refractivity contribution in [1.82, 2.24) is 19.4 Å².